The number of carbonyl (C=O) groups is 1. The van der Waals surface area contributed by atoms with E-state index in [1.165, 1.54) is 0 Å². The number of hydrogen-bond acceptors (Lipinski definition) is 2. The fourth-order valence-corrected chi connectivity index (χ4v) is 1.98. The highest BCUT2D eigenvalue weighted by Gasteiger charge is 2.08. The fourth-order valence-electron chi connectivity index (χ4n) is 1.24. The first-order chi connectivity index (χ1) is 6.65. The van der Waals surface area contributed by atoms with Gasteiger partial charge in [0.2, 0.25) is 0 Å². The SMILES string of the molecule is CCCc1c(I)cccc1OC(N)=O. The van der Waals surface area contributed by atoms with E-state index in [9.17, 15) is 4.79 Å². The van der Waals surface area contributed by atoms with Crippen LogP contribution in [0.5, 0.6) is 5.75 Å². The molecule has 1 amide bonds. The van der Waals surface area contributed by atoms with Crippen LogP contribution >= 0.6 is 22.6 Å². The molecule has 2 N–H and O–H groups in total. The number of hydrogen-bond donors (Lipinski definition) is 1. The van der Waals surface area contributed by atoms with E-state index in [0.717, 1.165) is 22.0 Å². The first-order valence-corrected chi connectivity index (χ1v) is 5.47. The molecule has 0 aliphatic rings. The van der Waals surface area contributed by atoms with E-state index in [1.54, 1.807) is 6.07 Å². The van der Waals surface area contributed by atoms with Gasteiger partial charge in [-0.3, -0.25) is 0 Å². The van der Waals surface area contributed by atoms with E-state index in [0.29, 0.717) is 5.75 Å². The molecule has 0 saturated carbocycles. The Morgan fingerprint density at radius 1 is 1.57 bits per heavy atom. The van der Waals surface area contributed by atoms with Crippen molar-refractivity contribution in [2.45, 2.75) is 19.8 Å². The smallest absolute Gasteiger partial charge is 0.409 e. The summed E-state index contributed by atoms with van der Waals surface area (Å²) in [7, 11) is 0. The van der Waals surface area contributed by atoms with Gasteiger partial charge in [-0.1, -0.05) is 19.4 Å². The average Bonchev–Trinajstić information content (AvgIpc) is 2.10. The van der Waals surface area contributed by atoms with E-state index < -0.39 is 6.09 Å². The van der Waals surface area contributed by atoms with Crippen molar-refractivity contribution in [3.63, 3.8) is 0 Å². The van der Waals surface area contributed by atoms with Gasteiger partial charge in [-0.15, -0.1) is 0 Å². The summed E-state index contributed by atoms with van der Waals surface area (Å²) in [6, 6.07) is 5.59. The number of benzene rings is 1. The molecule has 3 nitrogen and oxygen atoms in total. The summed E-state index contributed by atoms with van der Waals surface area (Å²) in [6.07, 6.45) is 1.14. The summed E-state index contributed by atoms with van der Waals surface area (Å²) in [5, 5.41) is 0. The Morgan fingerprint density at radius 2 is 2.29 bits per heavy atom. The van der Waals surface area contributed by atoms with Crippen LogP contribution in [-0.4, -0.2) is 6.09 Å². The number of halogens is 1. The van der Waals surface area contributed by atoms with E-state index in [2.05, 4.69) is 29.5 Å². The third-order valence-electron chi connectivity index (χ3n) is 1.79. The van der Waals surface area contributed by atoms with Crippen LogP contribution in [-0.2, 0) is 6.42 Å². The fraction of sp³-hybridized carbons (Fsp3) is 0.300. The van der Waals surface area contributed by atoms with Crippen LogP contribution in [0.25, 0.3) is 0 Å². The average molecular weight is 305 g/mol. The van der Waals surface area contributed by atoms with E-state index in [-0.39, 0.29) is 0 Å². The summed E-state index contributed by atoms with van der Waals surface area (Å²) < 4.78 is 6.01. The minimum Gasteiger partial charge on any atom is -0.410 e. The van der Waals surface area contributed by atoms with Crippen LogP contribution in [0.1, 0.15) is 18.9 Å². The molecule has 1 aromatic rings. The molecule has 0 unspecified atom stereocenters. The third kappa shape index (κ3) is 2.87. The Morgan fingerprint density at radius 3 is 2.86 bits per heavy atom. The zero-order valence-electron chi connectivity index (χ0n) is 7.92. The van der Waals surface area contributed by atoms with Crippen molar-refractivity contribution >= 4 is 28.7 Å². The number of ether oxygens (including phenoxy) is 1. The summed E-state index contributed by atoms with van der Waals surface area (Å²) in [5.41, 5.74) is 6.03. The molecule has 0 aliphatic carbocycles. The molecule has 0 fully saturated rings. The zero-order valence-corrected chi connectivity index (χ0v) is 10.1. The van der Waals surface area contributed by atoms with Crippen LogP contribution in [0.4, 0.5) is 4.79 Å². The van der Waals surface area contributed by atoms with E-state index in [1.807, 2.05) is 12.1 Å². The minimum atomic E-state index is -0.760. The lowest BCUT2D eigenvalue weighted by molar-refractivity contribution is 0.210. The number of carbonyl (C=O) groups excluding carboxylic acids is 1. The highest BCUT2D eigenvalue weighted by atomic mass is 127. The van der Waals surface area contributed by atoms with E-state index >= 15 is 0 Å². The molecular formula is C10H12INO2. The molecule has 0 aromatic heterocycles. The molecule has 0 heterocycles. The minimum absolute atomic E-state index is 0.575. The number of primary amides is 1. The van der Waals surface area contributed by atoms with Gasteiger partial charge in [0.15, 0.2) is 0 Å². The normalized spacial score (nSPS) is 9.86. The quantitative estimate of drug-likeness (QED) is 0.873. The van der Waals surface area contributed by atoms with Crippen LogP contribution in [0.3, 0.4) is 0 Å². The Hall–Kier alpha value is -0.780. The Labute approximate surface area is 96.8 Å². The van der Waals surface area contributed by atoms with Crippen molar-refractivity contribution in [1.29, 1.82) is 0 Å². The number of rotatable bonds is 3. The van der Waals surface area contributed by atoms with Gasteiger partial charge >= 0.3 is 6.09 Å². The molecule has 0 saturated heterocycles. The molecular weight excluding hydrogens is 293 g/mol. The molecule has 0 spiro atoms. The maximum atomic E-state index is 10.6. The predicted octanol–water partition coefficient (Wildman–Crippen LogP) is 2.70. The topological polar surface area (TPSA) is 52.3 Å². The summed E-state index contributed by atoms with van der Waals surface area (Å²) in [5.74, 6) is 0.575. The van der Waals surface area contributed by atoms with Crippen molar-refractivity contribution in [2.24, 2.45) is 5.73 Å². The molecule has 76 valence electrons. The predicted molar refractivity (Wildman–Crippen MR) is 63.4 cm³/mol. The van der Waals surface area contributed by atoms with Gasteiger partial charge in [0.05, 0.1) is 0 Å². The zero-order chi connectivity index (χ0) is 10.6. The first-order valence-electron chi connectivity index (χ1n) is 4.39. The first kappa shape index (κ1) is 11.3. The standard InChI is InChI=1S/C10H12INO2/c1-2-4-7-8(11)5-3-6-9(7)14-10(12)13/h3,5-6H,2,4H2,1H3,(H2,12,13). The second kappa shape index (κ2) is 5.19. The van der Waals surface area contributed by atoms with Crippen molar-refractivity contribution < 1.29 is 9.53 Å². The molecule has 0 bridgehead atoms. The molecule has 1 aromatic carbocycles. The van der Waals surface area contributed by atoms with Crippen LogP contribution in [0, 0.1) is 3.57 Å². The van der Waals surface area contributed by atoms with E-state index in [4.69, 9.17) is 10.5 Å². The van der Waals surface area contributed by atoms with Crippen molar-refractivity contribution in [2.75, 3.05) is 0 Å². The third-order valence-corrected chi connectivity index (χ3v) is 2.80. The number of amides is 1. The molecule has 14 heavy (non-hydrogen) atoms. The largest absolute Gasteiger partial charge is 0.410 e. The molecule has 4 heteroatoms. The molecule has 1 rings (SSSR count). The molecule has 0 radical (unpaired) electrons. The summed E-state index contributed by atoms with van der Waals surface area (Å²) >= 11 is 2.22. The Balaban J connectivity index is 3.01. The van der Waals surface area contributed by atoms with Gasteiger partial charge in [-0.2, -0.15) is 0 Å². The van der Waals surface area contributed by atoms with Crippen molar-refractivity contribution in [3.05, 3.63) is 27.3 Å². The Kier molecular flexibility index (Phi) is 4.19. The summed E-state index contributed by atoms with van der Waals surface area (Å²) in [6.45, 7) is 2.08. The van der Waals surface area contributed by atoms with Crippen LogP contribution in [0.15, 0.2) is 18.2 Å². The Bertz CT molecular complexity index is 339. The highest BCUT2D eigenvalue weighted by Crippen LogP contribution is 2.25. The monoisotopic (exact) mass is 305 g/mol. The molecule has 0 atom stereocenters. The van der Waals surface area contributed by atoms with Gasteiger partial charge in [-0.05, 0) is 41.1 Å². The second-order valence-electron chi connectivity index (χ2n) is 2.89. The van der Waals surface area contributed by atoms with Crippen molar-refractivity contribution in [3.8, 4) is 5.75 Å². The number of nitrogens with two attached hydrogens (primary N) is 1. The van der Waals surface area contributed by atoms with Gasteiger partial charge in [0, 0.05) is 9.13 Å². The maximum absolute atomic E-state index is 10.6. The maximum Gasteiger partial charge on any atom is 0.409 e. The van der Waals surface area contributed by atoms with Crippen LogP contribution in [0.2, 0.25) is 0 Å². The molecule has 0 aliphatic heterocycles. The lowest BCUT2D eigenvalue weighted by atomic mass is 10.1. The lowest BCUT2D eigenvalue weighted by Gasteiger charge is -2.09. The lowest BCUT2D eigenvalue weighted by Crippen LogP contribution is -2.17. The van der Waals surface area contributed by atoms with Crippen molar-refractivity contribution in [1.82, 2.24) is 0 Å². The van der Waals surface area contributed by atoms with Gasteiger partial charge in [0.25, 0.3) is 0 Å². The van der Waals surface area contributed by atoms with Crippen LogP contribution < -0.4 is 10.5 Å². The van der Waals surface area contributed by atoms with Gasteiger partial charge in [-0.25, -0.2) is 4.79 Å². The highest BCUT2D eigenvalue weighted by molar-refractivity contribution is 14.1. The van der Waals surface area contributed by atoms with Gasteiger partial charge in [0.1, 0.15) is 5.75 Å². The van der Waals surface area contributed by atoms with Gasteiger partial charge < -0.3 is 10.5 Å². The summed E-state index contributed by atoms with van der Waals surface area (Å²) in [4.78, 5) is 10.6. The second-order valence-corrected chi connectivity index (χ2v) is 4.05.